The molecule has 3 rings (SSSR count). The average molecular weight is 363 g/mol. The number of anilines is 1. The molecule has 1 N–H and O–H groups in total. The van der Waals surface area contributed by atoms with Crippen LogP contribution in [0.15, 0.2) is 72.8 Å². The van der Waals surface area contributed by atoms with E-state index in [4.69, 9.17) is 4.74 Å². The molecule has 136 valence electrons. The fourth-order valence-corrected chi connectivity index (χ4v) is 2.69. The lowest BCUT2D eigenvalue weighted by atomic mass is 10.0. The summed E-state index contributed by atoms with van der Waals surface area (Å²) >= 11 is 0. The molecule has 0 aliphatic heterocycles. The lowest BCUT2D eigenvalue weighted by Gasteiger charge is -2.13. The van der Waals surface area contributed by atoms with Crippen molar-refractivity contribution in [1.82, 2.24) is 0 Å². The zero-order valence-corrected chi connectivity index (χ0v) is 14.7. The third kappa shape index (κ3) is 4.58. The van der Waals surface area contributed by atoms with Gasteiger partial charge in [-0.3, -0.25) is 9.59 Å². The third-order valence-corrected chi connectivity index (χ3v) is 3.97. The number of ketones is 1. The van der Waals surface area contributed by atoms with Crippen LogP contribution in [0, 0.1) is 5.82 Å². The summed E-state index contributed by atoms with van der Waals surface area (Å²) in [6.07, 6.45) is 0. The molecule has 0 saturated heterocycles. The van der Waals surface area contributed by atoms with E-state index < -0.39 is 5.82 Å². The Kier molecular flexibility index (Phi) is 5.61. The van der Waals surface area contributed by atoms with E-state index in [9.17, 15) is 14.0 Å². The van der Waals surface area contributed by atoms with Crippen LogP contribution in [-0.2, 0) is 4.79 Å². The largest absolute Gasteiger partial charge is 0.483 e. The number of hydrogen-bond donors (Lipinski definition) is 1. The van der Waals surface area contributed by atoms with Gasteiger partial charge >= 0.3 is 0 Å². The molecule has 0 radical (unpaired) electrons. The van der Waals surface area contributed by atoms with Crippen LogP contribution in [0.1, 0.15) is 17.3 Å². The molecule has 0 saturated carbocycles. The molecular weight excluding hydrogens is 345 g/mol. The van der Waals surface area contributed by atoms with Gasteiger partial charge in [0, 0.05) is 11.3 Å². The molecule has 4 nitrogen and oxygen atoms in total. The predicted octanol–water partition coefficient (Wildman–Crippen LogP) is 4.71. The summed E-state index contributed by atoms with van der Waals surface area (Å²) in [6, 6.07) is 20.8. The highest BCUT2D eigenvalue weighted by molar-refractivity contribution is 5.98. The van der Waals surface area contributed by atoms with Gasteiger partial charge in [0.1, 0.15) is 11.6 Å². The molecule has 0 atom stereocenters. The molecule has 0 aromatic heterocycles. The Hall–Kier alpha value is -3.47. The quantitative estimate of drug-likeness (QED) is 0.645. The molecule has 5 heteroatoms. The van der Waals surface area contributed by atoms with Crippen molar-refractivity contribution in [2.75, 3.05) is 11.9 Å². The van der Waals surface area contributed by atoms with E-state index in [1.807, 2.05) is 48.5 Å². The number of para-hydroxylation sites is 1. The summed E-state index contributed by atoms with van der Waals surface area (Å²) in [4.78, 5) is 23.9. The van der Waals surface area contributed by atoms with Gasteiger partial charge in [-0.1, -0.05) is 48.5 Å². The van der Waals surface area contributed by atoms with Crippen LogP contribution in [0.25, 0.3) is 11.1 Å². The van der Waals surface area contributed by atoms with Crippen LogP contribution < -0.4 is 10.1 Å². The maximum Gasteiger partial charge on any atom is 0.262 e. The molecule has 0 bridgehead atoms. The van der Waals surface area contributed by atoms with E-state index in [2.05, 4.69) is 5.32 Å². The van der Waals surface area contributed by atoms with Crippen molar-refractivity contribution in [1.29, 1.82) is 0 Å². The third-order valence-electron chi connectivity index (χ3n) is 3.97. The van der Waals surface area contributed by atoms with E-state index >= 15 is 0 Å². The molecular formula is C22H18FNO3. The molecule has 3 aromatic carbocycles. The van der Waals surface area contributed by atoms with Crippen LogP contribution in [0.3, 0.4) is 0 Å². The van der Waals surface area contributed by atoms with Crippen LogP contribution >= 0.6 is 0 Å². The highest BCUT2D eigenvalue weighted by atomic mass is 19.1. The van der Waals surface area contributed by atoms with Gasteiger partial charge in [0.15, 0.2) is 12.4 Å². The number of rotatable bonds is 6. The number of carbonyl (C=O) groups is 2. The maximum absolute atomic E-state index is 13.3. The molecule has 1 amide bonds. The Balaban J connectivity index is 1.72. The van der Waals surface area contributed by atoms with Crippen LogP contribution in [0.2, 0.25) is 0 Å². The summed E-state index contributed by atoms with van der Waals surface area (Å²) in [6.45, 7) is 1.02. The molecule has 0 aliphatic rings. The molecule has 0 aliphatic carbocycles. The Morgan fingerprint density at radius 1 is 0.963 bits per heavy atom. The molecule has 0 spiro atoms. The average Bonchev–Trinajstić information content (AvgIpc) is 2.68. The SMILES string of the molecule is CC(=O)c1cc(F)ccc1OCC(=O)Nc1ccccc1-c1ccccc1. The number of amides is 1. The molecule has 0 heterocycles. The van der Waals surface area contributed by atoms with Crippen LogP contribution in [-0.4, -0.2) is 18.3 Å². The Labute approximate surface area is 156 Å². The summed E-state index contributed by atoms with van der Waals surface area (Å²) in [5.74, 6) is -1.07. The zero-order chi connectivity index (χ0) is 19.2. The summed E-state index contributed by atoms with van der Waals surface area (Å²) in [5, 5.41) is 2.82. The van der Waals surface area contributed by atoms with E-state index in [0.717, 1.165) is 17.2 Å². The predicted molar refractivity (Wildman–Crippen MR) is 102 cm³/mol. The molecule has 3 aromatic rings. The summed E-state index contributed by atoms with van der Waals surface area (Å²) < 4.78 is 18.7. The van der Waals surface area contributed by atoms with Crippen LogP contribution in [0.4, 0.5) is 10.1 Å². The van der Waals surface area contributed by atoms with Gasteiger partial charge in [-0.2, -0.15) is 0 Å². The van der Waals surface area contributed by atoms with Crippen molar-refractivity contribution in [3.8, 4) is 16.9 Å². The van der Waals surface area contributed by atoms with Gasteiger partial charge in [0.25, 0.3) is 5.91 Å². The Morgan fingerprint density at radius 2 is 1.67 bits per heavy atom. The number of halogens is 1. The highest BCUT2D eigenvalue weighted by Crippen LogP contribution is 2.27. The standard InChI is InChI=1S/C22H18FNO3/c1-15(25)19-13-17(23)11-12-21(19)27-14-22(26)24-20-10-6-5-9-18(20)16-7-3-2-4-8-16/h2-13H,14H2,1H3,(H,24,26). The monoisotopic (exact) mass is 363 g/mol. The van der Waals surface area contributed by atoms with Gasteiger partial charge in [-0.05, 0) is 36.8 Å². The smallest absolute Gasteiger partial charge is 0.262 e. The molecule has 0 unspecified atom stereocenters. The van der Waals surface area contributed by atoms with Crippen molar-refractivity contribution >= 4 is 17.4 Å². The van der Waals surface area contributed by atoms with Gasteiger partial charge in [0.05, 0.1) is 5.56 Å². The second-order valence-electron chi connectivity index (χ2n) is 5.95. The van der Waals surface area contributed by atoms with Gasteiger partial charge in [0.2, 0.25) is 0 Å². The lowest BCUT2D eigenvalue weighted by molar-refractivity contribution is -0.118. The van der Waals surface area contributed by atoms with Crippen molar-refractivity contribution in [3.63, 3.8) is 0 Å². The van der Waals surface area contributed by atoms with Crippen molar-refractivity contribution in [2.24, 2.45) is 0 Å². The number of ether oxygens (including phenoxy) is 1. The topological polar surface area (TPSA) is 55.4 Å². The van der Waals surface area contributed by atoms with Crippen LogP contribution in [0.5, 0.6) is 5.75 Å². The number of carbonyl (C=O) groups excluding carboxylic acids is 2. The van der Waals surface area contributed by atoms with E-state index in [1.54, 1.807) is 6.07 Å². The van der Waals surface area contributed by atoms with Crippen molar-refractivity contribution < 1.29 is 18.7 Å². The minimum Gasteiger partial charge on any atom is -0.483 e. The lowest BCUT2D eigenvalue weighted by Crippen LogP contribution is -2.21. The van der Waals surface area contributed by atoms with Gasteiger partial charge in [-0.25, -0.2) is 4.39 Å². The van der Waals surface area contributed by atoms with E-state index in [-0.39, 0.29) is 29.6 Å². The first-order valence-electron chi connectivity index (χ1n) is 8.42. The summed E-state index contributed by atoms with van der Waals surface area (Å²) in [5.41, 5.74) is 2.63. The Morgan fingerprint density at radius 3 is 2.41 bits per heavy atom. The van der Waals surface area contributed by atoms with E-state index in [1.165, 1.54) is 19.1 Å². The summed E-state index contributed by atoms with van der Waals surface area (Å²) in [7, 11) is 0. The number of nitrogens with one attached hydrogen (secondary N) is 1. The Bertz CT molecular complexity index is 970. The second kappa shape index (κ2) is 8.27. The van der Waals surface area contributed by atoms with Crippen molar-refractivity contribution in [2.45, 2.75) is 6.92 Å². The fraction of sp³-hybridized carbons (Fsp3) is 0.0909. The van der Waals surface area contributed by atoms with Gasteiger partial charge in [-0.15, -0.1) is 0 Å². The second-order valence-corrected chi connectivity index (χ2v) is 5.95. The number of benzene rings is 3. The van der Waals surface area contributed by atoms with Gasteiger partial charge < -0.3 is 10.1 Å². The fourth-order valence-electron chi connectivity index (χ4n) is 2.69. The van der Waals surface area contributed by atoms with Crippen molar-refractivity contribution in [3.05, 3.63) is 84.2 Å². The molecule has 0 fully saturated rings. The highest BCUT2D eigenvalue weighted by Gasteiger charge is 2.13. The minimum atomic E-state index is -0.534. The number of Topliss-reactive ketones (excluding diaryl/α,β-unsaturated/α-hetero) is 1. The zero-order valence-electron chi connectivity index (χ0n) is 14.7. The normalized spacial score (nSPS) is 10.3. The first kappa shape index (κ1) is 18.3. The first-order chi connectivity index (χ1) is 13.0. The molecule has 27 heavy (non-hydrogen) atoms. The first-order valence-corrected chi connectivity index (χ1v) is 8.42. The number of hydrogen-bond acceptors (Lipinski definition) is 3. The van der Waals surface area contributed by atoms with E-state index in [0.29, 0.717) is 5.69 Å². The maximum atomic E-state index is 13.3. The minimum absolute atomic E-state index is 0.104.